The fourth-order valence-electron chi connectivity index (χ4n) is 1.53. The van der Waals surface area contributed by atoms with Crippen molar-refractivity contribution in [2.24, 2.45) is 5.73 Å². The molecule has 1 atom stereocenters. The number of nitrogens with two attached hydrogens (primary N) is 1. The molecule has 0 aliphatic carbocycles. The summed E-state index contributed by atoms with van der Waals surface area (Å²) in [6, 6.07) is 6.86. The lowest BCUT2D eigenvalue weighted by Gasteiger charge is -2.10. The predicted molar refractivity (Wildman–Crippen MR) is 68.8 cm³/mol. The van der Waals surface area contributed by atoms with Gasteiger partial charge in [0.15, 0.2) is 12.2 Å². The number of aromatic nitrogens is 1. The first-order chi connectivity index (χ1) is 8.70. The van der Waals surface area contributed by atoms with Gasteiger partial charge in [0.1, 0.15) is 0 Å². The zero-order valence-corrected chi connectivity index (χ0v) is 10.1. The molecule has 5 heteroatoms. The van der Waals surface area contributed by atoms with Crippen LogP contribution >= 0.6 is 0 Å². The van der Waals surface area contributed by atoms with Crippen molar-refractivity contribution in [1.82, 2.24) is 4.98 Å². The first kappa shape index (κ1) is 12.3. The smallest absolute Gasteiger partial charge is 0.241 e. The molecule has 0 fully saturated rings. The molecule has 0 aliphatic rings. The number of oxazole rings is 1. The van der Waals surface area contributed by atoms with Gasteiger partial charge in [0.05, 0.1) is 12.2 Å². The van der Waals surface area contributed by atoms with Crippen LogP contribution in [0.25, 0.3) is 11.3 Å². The minimum atomic E-state index is -0.487. The van der Waals surface area contributed by atoms with Crippen molar-refractivity contribution in [3.63, 3.8) is 0 Å². The fourth-order valence-corrected chi connectivity index (χ4v) is 1.53. The van der Waals surface area contributed by atoms with Crippen molar-refractivity contribution >= 4 is 11.6 Å². The highest BCUT2D eigenvalue weighted by atomic mass is 16.3. The molecule has 0 aliphatic heterocycles. The highest BCUT2D eigenvalue weighted by Crippen LogP contribution is 2.22. The number of carbonyl (C=O) groups excluding carboxylic acids is 1. The van der Waals surface area contributed by atoms with Crippen LogP contribution in [-0.4, -0.2) is 16.9 Å². The Morgan fingerprint density at radius 3 is 3.06 bits per heavy atom. The number of nitrogens with one attached hydrogen (secondary N) is 1. The van der Waals surface area contributed by atoms with Crippen LogP contribution < -0.4 is 11.1 Å². The minimum Gasteiger partial charge on any atom is -0.444 e. The standard InChI is InChI=1S/C13H15N3O2/c1-2-11(14)13(17)16-10-5-3-4-9(6-10)12-7-15-8-18-12/h3-8,11H,2,14H2,1H3,(H,16,17). The molecule has 5 nitrogen and oxygen atoms in total. The van der Waals surface area contributed by atoms with Gasteiger partial charge < -0.3 is 15.5 Å². The molecule has 0 saturated heterocycles. The lowest BCUT2D eigenvalue weighted by molar-refractivity contribution is -0.117. The van der Waals surface area contributed by atoms with E-state index in [0.717, 1.165) is 5.56 Å². The Kier molecular flexibility index (Phi) is 3.74. The fraction of sp³-hybridized carbons (Fsp3) is 0.231. The van der Waals surface area contributed by atoms with Gasteiger partial charge in [-0.25, -0.2) is 4.98 Å². The second kappa shape index (κ2) is 5.46. The molecule has 0 spiro atoms. The lowest BCUT2D eigenvalue weighted by Crippen LogP contribution is -2.34. The van der Waals surface area contributed by atoms with Crippen molar-refractivity contribution in [3.8, 4) is 11.3 Å². The van der Waals surface area contributed by atoms with Crippen LogP contribution in [0.4, 0.5) is 5.69 Å². The molecule has 0 radical (unpaired) electrons. The predicted octanol–water partition coefficient (Wildman–Crippen LogP) is 2.02. The lowest BCUT2D eigenvalue weighted by atomic mass is 10.1. The number of rotatable bonds is 4. The van der Waals surface area contributed by atoms with Crippen LogP contribution in [0.15, 0.2) is 41.3 Å². The number of anilines is 1. The van der Waals surface area contributed by atoms with E-state index in [4.69, 9.17) is 10.2 Å². The van der Waals surface area contributed by atoms with Gasteiger partial charge in [0.2, 0.25) is 5.91 Å². The van der Waals surface area contributed by atoms with Crippen molar-refractivity contribution in [2.75, 3.05) is 5.32 Å². The van der Waals surface area contributed by atoms with E-state index >= 15 is 0 Å². The maximum Gasteiger partial charge on any atom is 0.241 e. The summed E-state index contributed by atoms with van der Waals surface area (Å²) in [5.41, 5.74) is 7.21. The van der Waals surface area contributed by atoms with Gasteiger partial charge >= 0.3 is 0 Å². The molecule has 1 heterocycles. The topological polar surface area (TPSA) is 81.2 Å². The Morgan fingerprint density at radius 2 is 2.39 bits per heavy atom. The minimum absolute atomic E-state index is 0.188. The highest BCUT2D eigenvalue weighted by Gasteiger charge is 2.11. The van der Waals surface area contributed by atoms with Gasteiger partial charge in [-0.05, 0) is 18.6 Å². The molecular weight excluding hydrogens is 230 g/mol. The van der Waals surface area contributed by atoms with Crippen molar-refractivity contribution in [2.45, 2.75) is 19.4 Å². The number of benzene rings is 1. The molecular formula is C13H15N3O2. The molecule has 1 aromatic carbocycles. The van der Waals surface area contributed by atoms with E-state index in [1.807, 2.05) is 25.1 Å². The van der Waals surface area contributed by atoms with E-state index in [1.54, 1.807) is 12.3 Å². The zero-order chi connectivity index (χ0) is 13.0. The SMILES string of the molecule is CCC(N)C(=O)Nc1cccc(-c2cnco2)c1. The van der Waals surface area contributed by atoms with Crippen molar-refractivity contribution < 1.29 is 9.21 Å². The van der Waals surface area contributed by atoms with Crippen LogP contribution in [0.1, 0.15) is 13.3 Å². The third-order valence-electron chi connectivity index (χ3n) is 2.62. The number of carbonyl (C=O) groups is 1. The average Bonchev–Trinajstić information content (AvgIpc) is 2.92. The van der Waals surface area contributed by atoms with Crippen LogP contribution in [0.5, 0.6) is 0 Å². The summed E-state index contributed by atoms with van der Waals surface area (Å²) < 4.78 is 5.20. The molecule has 2 rings (SSSR count). The Balaban J connectivity index is 2.16. The maximum atomic E-state index is 11.7. The van der Waals surface area contributed by atoms with Crippen LogP contribution in [-0.2, 0) is 4.79 Å². The average molecular weight is 245 g/mol. The molecule has 2 aromatic rings. The van der Waals surface area contributed by atoms with Crippen molar-refractivity contribution in [1.29, 1.82) is 0 Å². The molecule has 1 unspecified atom stereocenters. The summed E-state index contributed by atoms with van der Waals surface area (Å²) in [5, 5.41) is 2.77. The van der Waals surface area contributed by atoms with E-state index in [1.165, 1.54) is 6.39 Å². The van der Waals surface area contributed by atoms with E-state index in [-0.39, 0.29) is 5.91 Å². The summed E-state index contributed by atoms with van der Waals surface area (Å²) >= 11 is 0. The van der Waals surface area contributed by atoms with Crippen LogP contribution in [0.3, 0.4) is 0 Å². The Hall–Kier alpha value is -2.14. The maximum absolute atomic E-state index is 11.7. The Morgan fingerprint density at radius 1 is 1.56 bits per heavy atom. The number of nitrogens with zero attached hydrogens (tertiary/aromatic N) is 1. The van der Waals surface area contributed by atoms with Gasteiger partial charge in [-0.1, -0.05) is 19.1 Å². The Bertz CT molecular complexity index is 523. The third-order valence-corrected chi connectivity index (χ3v) is 2.62. The van der Waals surface area contributed by atoms with E-state index < -0.39 is 6.04 Å². The molecule has 3 N–H and O–H groups in total. The quantitative estimate of drug-likeness (QED) is 0.863. The normalized spacial score (nSPS) is 12.1. The van der Waals surface area contributed by atoms with Crippen molar-refractivity contribution in [3.05, 3.63) is 36.9 Å². The summed E-state index contributed by atoms with van der Waals surface area (Å²) in [5.74, 6) is 0.470. The van der Waals surface area contributed by atoms with Gasteiger partial charge in [-0.2, -0.15) is 0 Å². The second-order valence-corrected chi connectivity index (χ2v) is 3.95. The molecule has 0 saturated carbocycles. The Labute approximate surface area is 105 Å². The van der Waals surface area contributed by atoms with Crippen LogP contribution in [0.2, 0.25) is 0 Å². The second-order valence-electron chi connectivity index (χ2n) is 3.95. The molecule has 1 aromatic heterocycles. The number of hydrogen-bond donors (Lipinski definition) is 2. The van der Waals surface area contributed by atoms with E-state index in [9.17, 15) is 4.79 Å². The monoisotopic (exact) mass is 245 g/mol. The first-order valence-corrected chi connectivity index (χ1v) is 5.76. The summed E-state index contributed by atoms with van der Waals surface area (Å²) in [6.07, 6.45) is 3.60. The van der Waals surface area contributed by atoms with E-state index in [2.05, 4.69) is 10.3 Å². The van der Waals surface area contributed by atoms with E-state index in [0.29, 0.717) is 17.9 Å². The van der Waals surface area contributed by atoms with Crippen LogP contribution in [0, 0.1) is 0 Å². The van der Waals surface area contributed by atoms with Gasteiger partial charge in [0.25, 0.3) is 0 Å². The largest absolute Gasteiger partial charge is 0.444 e. The summed E-state index contributed by atoms with van der Waals surface area (Å²) in [4.78, 5) is 15.5. The molecule has 1 amide bonds. The zero-order valence-electron chi connectivity index (χ0n) is 10.1. The number of amides is 1. The third kappa shape index (κ3) is 2.75. The molecule has 18 heavy (non-hydrogen) atoms. The van der Waals surface area contributed by atoms with Gasteiger partial charge in [0, 0.05) is 11.3 Å². The number of hydrogen-bond acceptors (Lipinski definition) is 4. The first-order valence-electron chi connectivity index (χ1n) is 5.76. The molecule has 94 valence electrons. The molecule has 0 bridgehead atoms. The summed E-state index contributed by atoms with van der Waals surface area (Å²) in [7, 11) is 0. The summed E-state index contributed by atoms with van der Waals surface area (Å²) in [6.45, 7) is 1.87. The van der Waals surface area contributed by atoms with Gasteiger partial charge in [-0.15, -0.1) is 0 Å². The van der Waals surface area contributed by atoms with Gasteiger partial charge in [-0.3, -0.25) is 4.79 Å². The highest BCUT2D eigenvalue weighted by molar-refractivity contribution is 5.95.